The Morgan fingerprint density at radius 3 is 2.33 bits per heavy atom. The third kappa shape index (κ3) is 3.89. The van der Waals surface area contributed by atoms with Gasteiger partial charge in [-0.3, -0.25) is 14.4 Å². The van der Waals surface area contributed by atoms with E-state index in [1.165, 1.54) is 4.90 Å². The maximum absolute atomic E-state index is 12.6. The molecule has 1 N–H and O–H groups in total. The van der Waals surface area contributed by atoms with Crippen molar-refractivity contribution in [2.24, 2.45) is 0 Å². The van der Waals surface area contributed by atoms with Crippen LogP contribution in [0.4, 0.5) is 0 Å². The molecule has 0 spiro atoms. The number of carbonyl (C=O) groups excluding carboxylic acids is 3. The number of rotatable bonds is 2. The standard InChI is InChI=1S/C16H17BrClN3O3/c17-10-1-4-13(18)12(9-10)15(23)20-5-7-21(8-6-20)16(24)14(22)19-11-2-3-11/h1,4,9,11H,2-3,5-8H2,(H,19,22). The largest absolute Gasteiger partial charge is 0.345 e. The van der Waals surface area contributed by atoms with E-state index in [2.05, 4.69) is 21.2 Å². The van der Waals surface area contributed by atoms with Crippen LogP contribution in [0.2, 0.25) is 5.02 Å². The smallest absolute Gasteiger partial charge is 0.312 e. The monoisotopic (exact) mass is 413 g/mol. The average Bonchev–Trinajstić information content (AvgIpc) is 3.40. The first-order chi connectivity index (χ1) is 11.5. The molecule has 0 radical (unpaired) electrons. The van der Waals surface area contributed by atoms with Crippen molar-refractivity contribution in [1.82, 2.24) is 15.1 Å². The van der Waals surface area contributed by atoms with Gasteiger partial charge in [0.05, 0.1) is 10.6 Å². The SMILES string of the molecule is O=C(NC1CC1)C(=O)N1CCN(C(=O)c2cc(Br)ccc2Cl)CC1. The van der Waals surface area contributed by atoms with E-state index in [1.54, 1.807) is 23.1 Å². The Kier molecular flexibility index (Phi) is 5.10. The molecule has 1 aromatic carbocycles. The van der Waals surface area contributed by atoms with E-state index in [-0.39, 0.29) is 11.9 Å². The Bertz CT molecular complexity index is 685. The average molecular weight is 415 g/mol. The van der Waals surface area contributed by atoms with Crippen LogP contribution >= 0.6 is 27.5 Å². The third-order valence-electron chi connectivity index (χ3n) is 4.12. The molecule has 2 aliphatic rings. The molecule has 1 saturated carbocycles. The molecule has 1 aliphatic carbocycles. The number of amides is 3. The normalized spacial score (nSPS) is 17.6. The zero-order valence-electron chi connectivity index (χ0n) is 12.9. The van der Waals surface area contributed by atoms with Crippen molar-refractivity contribution in [2.75, 3.05) is 26.2 Å². The minimum absolute atomic E-state index is 0.156. The summed E-state index contributed by atoms with van der Waals surface area (Å²) in [7, 11) is 0. The summed E-state index contributed by atoms with van der Waals surface area (Å²) in [5, 5.41) is 3.09. The molecule has 2 fully saturated rings. The van der Waals surface area contributed by atoms with E-state index in [0.29, 0.717) is 36.8 Å². The first-order valence-electron chi connectivity index (χ1n) is 7.80. The van der Waals surface area contributed by atoms with Crippen molar-refractivity contribution >= 4 is 45.3 Å². The second-order valence-corrected chi connectivity index (χ2v) is 7.28. The predicted molar refractivity (Wildman–Crippen MR) is 92.8 cm³/mol. The topological polar surface area (TPSA) is 69.7 Å². The van der Waals surface area contributed by atoms with Gasteiger partial charge in [-0.1, -0.05) is 27.5 Å². The van der Waals surface area contributed by atoms with Gasteiger partial charge in [0.15, 0.2) is 0 Å². The molecule has 6 nitrogen and oxygen atoms in total. The van der Waals surface area contributed by atoms with Crippen LogP contribution in [0.3, 0.4) is 0 Å². The summed E-state index contributed by atoms with van der Waals surface area (Å²) in [6, 6.07) is 5.28. The number of hydrogen-bond acceptors (Lipinski definition) is 3. The maximum Gasteiger partial charge on any atom is 0.312 e. The highest BCUT2D eigenvalue weighted by atomic mass is 79.9. The van der Waals surface area contributed by atoms with Gasteiger partial charge in [-0.25, -0.2) is 0 Å². The summed E-state index contributed by atoms with van der Waals surface area (Å²) in [6.45, 7) is 1.44. The molecule has 1 aromatic rings. The van der Waals surface area contributed by atoms with Crippen molar-refractivity contribution in [2.45, 2.75) is 18.9 Å². The number of halogens is 2. The van der Waals surface area contributed by atoms with Crippen LogP contribution in [-0.4, -0.2) is 59.7 Å². The molecule has 1 saturated heterocycles. The summed E-state index contributed by atoms with van der Waals surface area (Å²) in [4.78, 5) is 39.6. The van der Waals surface area contributed by atoms with Gasteiger partial charge in [0.25, 0.3) is 5.91 Å². The van der Waals surface area contributed by atoms with Crippen molar-refractivity contribution in [3.8, 4) is 0 Å². The van der Waals surface area contributed by atoms with Crippen LogP contribution in [0.15, 0.2) is 22.7 Å². The Hall–Kier alpha value is -1.60. The highest BCUT2D eigenvalue weighted by molar-refractivity contribution is 9.10. The van der Waals surface area contributed by atoms with Crippen LogP contribution in [-0.2, 0) is 9.59 Å². The predicted octanol–water partition coefficient (Wildman–Crippen LogP) is 1.67. The quantitative estimate of drug-likeness (QED) is 0.749. The fourth-order valence-electron chi connectivity index (χ4n) is 2.56. The van der Waals surface area contributed by atoms with E-state index in [1.807, 2.05) is 0 Å². The molecule has 128 valence electrons. The summed E-state index contributed by atoms with van der Waals surface area (Å²) in [5.74, 6) is -1.24. The lowest BCUT2D eigenvalue weighted by atomic mass is 10.1. The lowest BCUT2D eigenvalue weighted by Crippen LogP contribution is -2.54. The first-order valence-corrected chi connectivity index (χ1v) is 8.97. The Morgan fingerprint density at radius 1 is 1.08 bits per heavy atom. The number of piperazine rings is 1. The molecule has 1 heterocycles. The number of nitrogens with zero attached hydrogens (tertiary/aromatic N) is 2. The lowest BCUT2D eigenvalue weighted by Gasteiger charge is -2.34. The molecule has 24 heavy (non-hydrogen) atoms. The molecule has 0 bridgehead atoms. The van der Waals surface area contributed by atoms with E-state index < -0.39 is 11.8 Å². The van der Waals surface area contributed by atoms with Crippen LogP contribution < -0.4 is 5.32 Å². The summed E-state index contributed by atoms with van der Waals surface area (Å²) in [5.41, 5.74) is 0.428. The highest BCUT2D eigenvalue weighted by Crippen LogP contribution is 2.23. The minimum atomic E-state index is -0.549. The van der Waals surface area contributed by atoms with Crippen molar-refractivity contribution in [1.29, 1.82) is 0 Å². The summed E-state index contributed by atoms with van der Waals surface area (Å²) in [6.07, 6.45) is 1.88. The van der Waals surface area contributed by atoms with Crippen molar-refractivity contribution in [3.63, 3.8) is 0 Å². The molecule has 3 rings (SSSR count). The zero-order chi connectivity index (χ0) is 17.3. The second-order valence-electron chi connectivity index (χ2n) is 5.96. The molecular weight excluding hydrogens is 398 g/mol. The molecule has 0 aromatic heterocycles. The Morgan fingerprint density at radius 2 is 1.71 bits per heavy atom. The van der Waals surface area contributed by atoms with Gasteiger partial charge in [0.2, 0.25) is 0 Å². The van der Waals surface area contributed by atoms with Crippen LogP contribution in [0.5, 0.6) is 0 Å². The highest BCUT2D eigenvalue weighted by Gasteiger charge is 2.32. The van der Waals surface area contributed by atoms with Crippen LogP contribution in [0.25, 0.3) is 0 Å². The molecule has 0 atom stereocenters. The fraction of sp³-hybridized carbons (Fsp3) is 0.438. The van der Waals surface area contributed by atoms with E-state index in [9.17, 15) is 14.4 Å². The number of nitrogens with one attached hydrogen (secondary N) is 1. The number of carbonyl (C=O) groups is 3. The van der Waals surface area contributed by atoms with E-state index >= 15 is 0 Å². The number of hydrogen-bond donors (Lipinski definition) is 1. The summed E-state index contributed by atoms with van der Waals surface area (Å²) >= 11 is 9.43. The Labute approximate surface area is 153 Å². The van der Waals surface area contributed by atoms with E-state index in [4.69, 9.17) is 11.6 Å². The maximum atomic E-state index is 12.6. The third-order valence-corrected chi connectivity index (χ3v) is 4.94. The summed E-state index contributed by atoms with van der Waals surface area (Å²) < 4.78 is 0.779. The van der Waals surface area contributed by atoms with Gasteiger partial charge in [-0.05, 0) is 31.0 Å². The molecule has 1 aliphatic heterocycles. The number of benzene rings is 1. The van der Waals surface area contributed by atoms with Crippen LogP contribution in [0.1, 0.15) is 23.2 Å². The molecular formula is C16H17BrClN3O3. The second kappa shape index (κ2) is 7.11. The van der Waals surface area contributed by atoms with Gasteiger partial charge < -0.3 is 15.1 Å². The van der Waals surface area contributed by atoms with Gasteiger partial charge in [-0.2, -0.15) is 0 Å². The molecule has 0 unspecified atom stereocenters. The van der Waals surface area contributed by atoms with Gasteiger partial charge in [-0.15, -0.1) is 0 Å². The van der Waals surface area contributed by atoms with Crippen molar-refractivity contribution in [3.05, 3.63) is 33.3 Å². The zero-order valence-corrected chi connectivity index (χ0v) is 15.3. The lowest BCUT2D eigenvalue weighted by molar-refractivity contribution is -0.146. The molecule has 8 heteroatoms. The van der Waals surface area contributed by atoms with Gasteiger partial charge >= 0.3 is 11.8 Å². The Balaban J connectivity index is 1.58. The van der Waals surface area contributed by atoms with E-state index in [0.717, 1.165) is 17.3 Å². The van der Waals surface area contributed by atoms with Gasteiger partial charge in [0, 0.05) is 36.7 Å². The molecule has 3 amide bonds. The first kappa shape index (κ1) is 17.2. The van der Waals surface area contributed by atoms with Gasteiger partial charge in [0.1, 0.15) is 0 Å². The van der Waals surface area contributed by atoms with Crippen LogP contribution in [0, 0.1) is 0 Å². The van der Waals surface area contributed by atoms with Crippen molar-refractivity contribution < 1.29 is 14.4 Å². The fourth-order valence-corrected chi connectivity index (χ4v) is 3.12. The minimum Gasteiger partial charge on any atom is -0.345 e.